The smallest absolute Gasteiger partial charge is 0.216 e. The van der Waals surface area contributed by atoms with Crippen LogP contribution in [0.4, 0.5) is 0 Å². The van der Waals surface area contributed by atoms with E-state index in [2.05, 4.69) is 20.3 Å². The fourth-order valence-corrected chi connectivity index (χ4v) is 1.84. The van der Waals surface area contributed by atoms with E-state index < -0.39 is 0 Å². The van der Waals surface area contributed by atoms with Gasteiger partial charge in [0.2, 0.25) is 5.88 Å². The van der Waals surface area contributed by atoms with Crippen molar-refractivity contribution in [2.24, 2.45) is 0 Å². The van der Waals surface area contributed by atoms with E-state index >= 15 is 0 Å². The molecule has 2 rings (SSSR count). The summed E-state index contributed by atoms with van der Waals surface area (Å²) in [5.41, 5.74) is 1.54. The van der Waals surface area contributed by atoms with Gasteiger partial charge in [-0.25, -0.2) is 9.97 Å². The monoisotopic (exact) mass is 260 g/mol. The van der Waals surface area contributed by atoms with E-state index in [0.717, 1.165) is 11.4 Å². The Labute approximate surface area is 111 Å². The Balaban J connectivity index is 2.43. The van der Waals surface area contributed by atoms with E-state index in [-0.39, 0.29) is 6.04 Å². The summed E-state index contributed by atoms with van der Waals surface area (Å²) < 4.78 is 10.4. The van der Waals surface area contributed by atoms with E-state index in [1.54, 1.807) is 26.5 Å². The zero-order valence-corrected chi connectivity index (χ0v) is 11.1. The second-order valence-electron chi connectivity index (χ2n) is 3.80. The highest BCUT2D eigenvalue weighted by Crippen LogP contribution is 2.27. The van der Waals surface area contributed by atoms with Crippen LogP contribution < -0.4 is 14.8 Å². The van der Waals surface area contributed by atoms with E-state index in [9.17, 15) is 0 Å². The molecular weight excluding hydrogens is 244 g/mol. The van der Waals surface area contributed by atoms with Crippen LogP contribution in [0.3, 0.4) is 0 Å². The van der Waals surface area contributed by atoms with Crippen LogP contribution in [-0.2, 0) is 0 Å². The number of nitrogens with one attached hydrogen (secondary N) is 1. The largest absolute Gasteiger partial charge is 0.495 e. The van der Waals surface area contributed by atoms with Gasteiger partial charge < -0.3 is 14.8 Å². The van der Waals surface area contributed by atoms with Crippen molar-refractivity contribution in [2.45, 2.75) is 6.04 Å². The van der Waals surface area contributed by atoms with Gasteiger partial charge in [0.15, 0.2) is 0 Å². The number of hydrogen-bond acceptors (Lipinski definition) is 6. The molecule has 2 heterocycles. The van der Waals surface area contributed by atoms with Crippen LogP contribution in [0.15, 0.2) is 30.7 Å². The average Bonchev–Trinajstić information content (AvgIpc) is 2.49. The van der Waals surface area contributed by atoms with Crippen LogP contribution in [-0.4, -0.2) is 36.2 Å². The molecule has 0 aliphatic heterocycles. The Morgan fingerprint density at radius 1 is 1.16 bits per heavy atom. The van der Waals surface area contributed by atoms with Crippen molar-refractivity contribution in [1.82, 2.24) is 20.3 Å². The van der Waals surface area contributed by atoms with Crippen LogP contribution in [0.25, 0.3) is 0 Å². The summed E-state index contributed by atoms with van der Waals surface area (Å²) >= 11 is 0. The zero-order chi connectivity index (χ0) is 13.7. The lowest BCUT2D eigenvalue weighted by molar-refractivity contribution is 0.392. The normalized spacial score (nSPS) is 11.9. The molecule has 0 fully saturated rings. The van der Waals surface area contributed by atoms with E-state index in [1.165, 1.54) is 6.33 Å². The van der Waals surface area contributed by atoms with Crippen molar-refractivity contribution in [2.75, 3.05) is 21.3 Å². The first-order valence-electron chi connectivity index (χ1n) is 5.82. The molecule has 1 unspecified atom stereocenters. The molecular formula is C13H16N4O2. The molecule has 0 spiro atoms. The van der Waals surface area contributed by atoms with Crippen molar-refractivity contribution in [3.8, 4) is 11.6 Å². The van der Waals surface area contributed by atoms with Crippen molar-refractivity contribution in [3.63, 3.8) is 0 Å². The standard InChI is InChI=1S/C13H16N4O2/c1-14-12(9-7-11(19-3)17-8-16-9)13-10(18-2)5-4-6-15-13/h4-8,12,14H,1-3H3. The number of rotatable bonds is 5. The third-order valence-corrected chi connectivity index (χ3v) is 2.75. The van der Waals surface area contributed by atoms with Gasteiger partial charge in [-0.2, -0.15) is 0 Å². The van der Waals surface area contributed by atoms with E-state index in [0.29, 0.717) is 11.6 Å². The van der Waals surface area contributed by atoms with Crippen LogP contribution in [0.1, 0.15) is 17.4 Å². The highest BCUT2D eigenvalue weighted by atomic mass is 16.5. The predicted molar refractivity (Wildman–Crippen MR) is 70.3 cm³/mol. The minimum atomic E-state index is -0.187. The lowest BCUT2D eigenvalue weighted by Gasteiger charge is -2.17. The van der Waals surface area contributed by atoms with Gasteiger partial charge in [-0.15, -0.1) is 0 Å². The fraction of sp³-hybridized carbons (Fsp3) is 0.308. The van der Waals surface area contributed by atoms with Crippen molar-refractivity contribution in [3.05, 3.63) is 42.1 Å². The van der Waals surface area contributed by atoms with Gasteiger partial charge in [0.25, 0.3) is 0 Å². The fourth-order valence-electron chi connectivity index (χ4n) is 1.84. The summed E-state index contributed by atoms with van der Waals surface area (Å²) in [6.07, 6.45) is 3.19. The SMILES string of the molecule is CNC(c1cc(OC)ncn1)c1ncccc1OC. The number of ether oxygens (including phenoxy) is 2. The molecule has 2 aromatic heterocycles. The lowest BCUT2D eigenvalue weighted by Crippen LogP contribution is -2.21. The van der Waals surface area contributed by atoms with Crippen LogP contribution in [0.5, 0.6) is 11.6 Å². The predicted octanol–water partition coefficient (Wildman–Crippen LogP) is 1.20. The minimum Gasteiger partial charge on any atom is -0.495 e. The van der Waals surface area contributed by atoms with Gasteiger partial charge >= 0.3 is 0 Å². The Hall–Kier alpha value is -2.21. The third kappa shape index (κ3) is 2.79. The number of nitrogens with zero attached hydrogens (tertiary/aromatic N) is 3. The molecule has 6 heteroatoms. The van der Waals surface area contributed by atoms with Gasteiger partial charge in [-0.1, -0.05) is 0 Å². The second kappa shape index (κ2) is 6.10. The molecule has 0 saturated carbocycles. The van der Waals surface area contributed by atoms with Crippen molar-refractivity contribution < 1.29 is 9.47 Å². The third-order valence-electron chi connectivity index (χ3n) is 2.75. The highest BCUT2D eigenvalue weighted by molar-refractivity contribution is 5.35. The quantitative estimate of drug-likeness (QED) is 0.871. The lowest BCUT2D eigenvalue weighted by atomic mass is 10.1. The number of pyridine rings is 1. The molecule has 0 aromatic carbocycles. The van der Waals surface area contributed by atoms with Crippen LogP contribution in [0.2, 0.25) is 0 Å². The summed E-state index contributed by atoms with van der Waals surface area (Å²) in [5, 5.41) is 3.17. The molecule has 6 nitrogen and oxygen atoms in total. The Bertz CT molecular complexity index is 548. The molecule has 0 bridgehead atoms. The number of aromatic nitrogens is 3. The second-order valence-corrected chi connectivity index (χ2v) is 3.80. The molecule has 0 radical (unpaired) electrons. The van der Waals surface area contributed by atoms with Crippen molar-refractivity contribution in [1.29, 1.82) is 0 Å². The molecule has 0 aliphatic carbocycles. The minimum absolute atomic E-state index is 0.187. The van der Waals surface area contributed by atoms with E-state index in [1.807, 2.05) is 19.2 Å². The van der Waals surface area contributed by atoms with Gasteiger partial charge in [-0.05, 0) is 19.2 Å². The molecule has 1 N–H and O–H groups in total. The van der Waals surface area contributed by atoms with Gasteiger partial charge in [0.1, 0.15) is 17.8 Å². The number of hydrogen-bond donors (Lipinski definition) is 1. The summed E-state index contributed by atoms with van der Waals surface area (Å²) in [6.45, 7) is 0. The summed E-state index contributed by atoms with van der Waals surface area (Å²) in [6, 6.07) is 5.28. The first kappa shape index (κ1) is 13.2. The summed E-state index contributed by atoms with van der Waals surface area (Å²) in [4.78, 5) is 12.6. The maximum atomic E-state index is 5.33. The maximum Gasteiger partial charge on any atom is 0.216 e. The maximum absolute atomic E-state index is 5.33. The van der Waals surface area contributed by atoms with Gasteiger partial charge in [0.05, 0.1) is 26.0 Å². The number of methoxy groups -OCH3 is 2. The van der Waals surface area contributed by atoms with E-state index in [4.69, 9.17) is 9.47 Å². The summed E-state index contributed by atoms with van der Waals surface area (Å²) in [7, 11) is 5.03. The Morgan fingerprint density at radius 2 is 2.00 bits per heavy atom. The molecule has 0 aliphatic rings. The molecule has 2 aromatic rings. The molecule has 0 amide bonds. The van der Waals surface area contributed by atoms with Gasteiger partial charge in [-0.3, -0.25) is 4.98 Å². The topological polar surface area (TPSA) is 69.2 Å². The first-order chi connectivity index (χ1) is 9.30. The average molecular weight is 260 g/mol. The van der Waals surface area contributed by atoms with Crippen LogP contribution >= 0.6 is 0 Å². The highest BCUT2D eigenvalue weighted by Gasteiger charge is 2.19. The zero-order valence-electron chi connectivity index (χ0n) is 11.1. The van der Waals surface area contributed by atoms with Crippen molar-refractivity contribution >= 4 is 0 Å². The van der Waals surface area contributed by atoms with Gasteiger partial charge in [0, 0.05) is 12.3 Å². The molecule has 19 heavy (non-hydrogen) atoms. The summed E-state index contributed by atoms with van der Waals surface area (Å²) in [5.74, 6) is 1.22. The molecule has 0 saturated heterocycles. The van der Waals surface area contributed by atoms with Crippen LogP contribution in [0, 0.1) is 0 Å². The Morgan fingerprint density at radius 3 is 2.68 bits per heavy atom. The molecule has 100 valence electrons. The first-order valence-corrected chi connectivity index (χ1v) is 5.82. The molecule has 1 atom stereocenters. The Kier molecular flexibility index (Phi) is 4.25.